The molecule has 0 amide bonds. The van der Waals surface area contributed by atoms with Crippen molar-refractivity contribution in [3.63, 3.8) is 0 Å². The first-order valence-electron chi connectivity index (χ1n) is 7.45. The molecule has 1 N–H and O–H groups in total. The number of hydrogen-bond acceptors (Lipinski definition) is 4. The van der Waals surface area contributed by atoms with Gasteiger partial charge in [-0.05, 0) is 30.5 Å². The fourth-order valence-electron chi connectivity index (χ4n) is 3.32. The lowest BCUT2D eigenvalue weighted by Gasteiger charge is -2.33. The Morgan fingerprint density at radius 1 is 1.39 bits per heavy atom. The van der Waals surface area contributed by atoms with E-state index in [-0.39, 0.29) is 11.8 Å². The lowest BCUT2D eigenvalue weighted by Crippen LogP contribution is -2.31. The molecule has 4 rings (SSSR count). The Morgan fingerprint density at radius 2 is 2.26 bits per heavy atom. The number of halogens is 1. The van der Waals surface area contributed by atoms with Gasteiger partial charge in [-0.1, -0.05) is 28.1 Å². The number of aromatic nitrogens is 2. The van der Waals surface area contributed by atoms with Crippen LogP contribution in [-0.2, 0) is 4.79 Å². The number of nitrogens with one attached hydrogen (secondary N) is 1. The van der Waals surface area contributed by atoms with Crippen LogP contribution >= 0.6 is 15.9 Å². The molecule has 0 spiro atoms. The molecule has 2 heterocycles. The smallest absolute Gasteiger partial charge is 0.163 e. The number of carbonyl (C=O) groups is 1. The van der Waals surface area contributed by atoms with Crippen molar-refractivity contribution >= 4 is 27.5 Å². The number of carbonyl (C=O) groups excluding carboxylic acids is 1. The molecular formula is C17H13BrN4O. The molecule has 0 bridgehead atoms. The van der Waals surface area contributed by atoms with Crippen LogP contribution in [0.1, 0.15) is 36.4 Å². The van der Waals surface area contributed by atoms with Gasteiger partial charge in [0.2, 0.25) is 0 Å². The van der Waals surface area contributed by atoms with Crippen molar-refractivity contribution in [1.82, 2.24) is 9.78 Å². The van der Waals surface area contributed by atoms with Crippen molar-refractivity contribution in [1.29, 1.82) is 5.26 Å². The van der Waals surface area contributed by atoms with E-state index < -0.39 is 0 Å². The predicted octanol–water partition coefficient (Wildman–Crippen LogP) is 3.54. The topological polar surface area (TPSA) is 70.7 Å². The van der Waals surface area contributed by atoms with Crippen LogP contribution in [0.2, 0.25) is 0 Å². The summed E-state index contributed by atoms with van der Waals surface area (Å²) < 4.78 is 2.70. The molecule has 0 fully saturated rings. The van der Waals surface area contributed by atoms with Crippen molar-refractivity contribution in [2.75, 3.05) is 5.32 Å². The summed E-state index contributed by atoms with van der Waals surface area (Å²) in [7, 11) is 0. The molecule has 6 heteroatoms. The molecule has 1 aromatic carbocycles. The van der Waals surface area contributed by atoms with E-state index in [0.29, 0.717) is 17.8 Å². The first-order chi connectivity index (χ1) is 11.2. The molecule has 0 saturated heterocycles. The summed E-state index contributed by atoms with van der Waals surface area (Å²) in [4.78, 5) is 12.6. The molecule has 0 radical (unpaired) electrons. The summed E-state index contributed by atoms with van der Waals surface area (Å²) in [5.41, 5.74) is 3.18. The van der Waals surface area contributed by atoms with Crippen LogP contribution in [0.4, 0.5) is 5.82 Å². The number of rotatable bonds is 1. The zero-order valence-corrected chi connectivity index (χ0v) is 13.8. The summed E-state index contributed by atoms with van der Waals surface area (Å²) in [5.74, 6) is 0.828. The summed E-state index contributed by atoms with van der Waals surface area (Å²) in [5, 5.41) is 16.9. The van der Waals surface area contributed by atoms with E-state index in [1.54, 1.807) is 10.9 Å². The van der Waals surface area contributed by atoms with Crippen LogP contribution in [0.15, 0.2) is 46.2 Å². The van der Waals surface area contributed by atoms with E-state index in [1.165, 1.54) is 0 Å². The molecule has 2 aliphatic rings. The molecule has 0 saturated carbocycles. The highest BCUT2D eigenvalue weighted by Crippen LogP contribution is 2.41. The first kappa shape index (κ1) is 14.2. The Bertz CT molecular complexity index is 890. The second kappa shape index (κ2) is 5.36. The van der Waals surface area contributed by atoms with Crippen molar-refractivity contribution in [2.24, 2.45) is 0 Å². The number of Topliss-reactive ketones (excluding diaryl/α,β-unsaturated/α-hetero) is 1. The quantitative estimate of drug-likeness (QED) is 0.835. The van der Waals surface area contributed by atoms with Gasteiger partial charge in [0.05, 0.1) is 6.20 Å². The molecule has 2 aromatic rings. The Morgan fingerprint density at radius 3 is 3.04 bits per heavy atom. The maximum Gasteiger partial charge on any atom is 0.163 e. The Kier molecular flexibility index (Phi) is 3.31. The summed E-state index contributed by atoms with van der Waals surface area (Å²) in [6.07, 6.45) is 3.77. The van der Waals surface area contributed by atoms with E-state index in [9.17, 15) is 10.1 Å². The summed E-state index contributed by atoms with van der Waals surface area (Å²) in [6, 6.07) is 9.77. The Labute approximate surface area is 141 Å². The molecule has 1 aliphatic carbocycles. The third-order valence-corrected chi connectivity index (χ3v) is 4.82. The molecule has 1 aromatic heterocycles. The molecule has 23 heavy (non-hydrogen) atoms. The van der Waals surface area contributed by atoms with E-state index in [4.69, 9.17) is 0 Å². The number of nitriles is 1. The van der Waals surface area contributed by atoms with Crippen molar-refractivity contribution in [3.8, 4) is 6.07 Å². The molecular weight excluding hydrogens is 356 g/mol. The standard InChI is InChI=1S/C17H13BrN4O/c18-12-4-1-3-10(7-12)16-15-13(5-2-6-14(15)23)21-17-11(8-19)9-20-22(16)17/h1,3-4,7,9,16,21H,2,5-6H2/t16-/m1/s1. The van der Waals surface area contributed by atoms with Gasteiger partial charge in [-0.2, -0.15) is 10.4 Å². The van der Waals surface area contributed by atoms with Gasteiger partial charge in [-0.15, -0.1) is 0 Å². The predicted molar refractivity (Wildman–Crippen MR) is 88.7 cm³/mol. The van der Waals surface area contributed by atoms with Gasteiger partial charge >= 0.3 is 0 Å². The number of ketones is 1. The van der Waals surface area contributed by atoms with Crippen molar-refractivity contribution in [2.45, 2.75) is 25.3 Å². The number of hydrogen-bond donors (Lipinski definition) is 1. The SMILES string of the molecule is N#Cc1cnn2c1NC1=C(C(=O)CCC1)[C@H]2c1cccc(Br)c1. The minimum atomic E-state index is -0.284. The molecule has 0 unspecified atom stereocenters. The van der Waals surface area contributed by atoms with Crippen LogP contribution in [0.3, 0.4) is 0 Å². The third-order valence-electron chi connectivity index (χ3n) is 4.32. The van der Waals surface area contributed by atoms with E-state index in [1.807, 2.05) is 24.3 Å². The van der Waals surface area contributed by atoms with Crippen LogP contribution in [0.5, 0.6) is 0 Å². The van der Waals surface area contributed by atoms with E-state index in [0.717, 1.165) is 34.1 Å². The van der Waals surface area contributed by atoms with Gasteiger partial charge in [0.25, 0.3) is 0 Å². The highest BCUT2D eigenvalue weighted by atomic mass is 79.9. The van der Waals surface area contributed by atoms with Gasteiger partial charge in [-0.25, -0.2) is 4.68 Å². The van der Waals surface area contributed by atoms with Gasteiger partial charge < -0.3 is 5.32 Å². The average molecular weight is 369 g/mol. The summed E-state index contributed by atoms with van der Waals surface area (Å²) >= 11 is 3.49. The van der Waals surface area contributed by atoms with E-state index in [2.05, 4.69) is 32.4 Å². The zero-order chi connectivity index (χ0) is 16.0. The lowest BCUT2D eigenvalue weighted by atomic mass is 9.85. The number of nitrogens with zero attached hydrogens (tertiary/aromatic N) is 3. The van der Waals surface area contributed by atoms with Gasteiger partial charge in [0.1, 0.15) is 23.5 Å². The highest BCUT2D eigenvalue weighted by molar-refractivity contribution is 9.10. The normalized spacial score (nSPS) is 19.7. The third kappa shape index (κ3) is 2.20. The molecule has 1 atom stereocenters. The summed E-state index contributed by atoms with van der Waals surface area (Å²) in [6.45, 7) is 0. The molecule has 5 nitrogen and oxygen atoms in total. The monoisotopic (exact) mass is 368 g/mol. The lowest BCUT2D eigenvalue weighted by molar-refractivity contribution is -0.116. The second-order valence-electron chi connectivity index (χ2n) is 5.71. The van der Waals surface area contributed by atoms with Crippen LogP contribution in [0, 0.1) is 11.3 Å². The zero-order valence-electron chi connectivity index (χ0n) is 12.2. The molecule has 114 valence electrons. The van der Waals surface area contributed by atoms with Gasteiger partial charge in [0.15, 0.2) is 5.78 Å². The number of anilines is 1. The van der Waals surface area contributed by atoms with Crippen LogP contribution in [0.25, 0.3) is 0 Å². The minimum Gasteiger partial charge on any atom is -0.342 e. The number of fused-ring (bicyclic) bond motifs is 1. The van der Waals surface area contributed by atoms with Gasteiger partial charge in [-0.3, -0.25) is 4.79 Å². The van der Waals surface area contributed by atoms with Crippen molar-refractivity contribution < 1.29 is 4.79 Å². The Balaban J connectivity index is 1.96. The maximum atomic E-state index is 12.6. The van der Waals surface area contributed by atoms with Crippen molar-refractivity contribution in [3.05, 3.63) is 57.3 Å². The highest BCUT2D eigenvalue weighted by Gasteiger charge is 2.36. The first-order valence-corrected chi connectivity index (χ1v) is 8.24. The van der Waals surface area contributed by atoms with E-state index >= 15 is 0 Å². The van der Waals surface area contributed by atoms with Crippen LogP contribution < -0.4 is 5.32 Å². The Hall–Kier alpha value is -2.39. The largest absolute Gasteiger partial charge is 0.342 e. The number of benzene rings is 1. The second-order valence-corrected chi connectivity index (χ2v) is 6.63. The fraction of sp³-hybridized carbons (Fsp3) is 0.235. The minimum absolute atomic E-state index is 0.156. The number of allylic oxidation sites excluding steroid dienone is 2. The average Bonchev–Trinajstić information content (AvgIpc) is 2.95. The van der Waals surface area contributed by atoms with Crippen LogP contribution in [-0.4, -0.2) is 15.6 Å². The maximum absolute atomic E-state index is 12.6. The fourth-order valence-corrected chi connectivity index (χ4v) is 3.74. The van der Waals surface area contributed by atoms with Gasteiger partial charge in [0, 0.05) is 22.2 Å². The molecule has 1 aliphatic heterocycles.